The highest BCUT2D eigenvalue weighted by atomic mass is 32.1. The second-order valence-electron chi connectivity index (χ2n) is 5.19. The standard InChI is InChI=1S/C17H13N5OS/c23-16-13-8-4-5-9-14(13)18-11-22(16)10-15-20-21-17(24-15)19-12-6-2-1-3-7-12/h1-9,11H,10H2,(H,19,21). The van der Waals surface area contributed by atoms with E-state index in [1.54, 1.807) is 17.0 Å². The Labute approximate surface area is 141 Å². The first-order chi connectivity index (χ1) is 11.8. The lowest BCUT2D eigenvalue weighted by Gasteiger charge is -2.03. The van der Waals surface area contributed by atoms with Crippen molar-refractivity contribution in [3.05, 3.63) is 76.3 Å². The summed E-state index contributed by atoms with van der Waals surface area (Å²) in [4.78, 5) is 16.8. The molecule has 0 aliphatic heterocycles. The largest absolute Gasteiger partial charge is 0.330 e. The number of nitrogens with one attached hydrogen (secondary N) is 1. The summed E-state index contributed by atoms with van der Waals surface area (Å²) in [5, 5.41) is 13.5. The van der Waals surface area contributed by atoms with Crippen LogP contribution < -0.4 is 10.9 Å². The van der Waals surface area contributed by atoms with Crippen molar-refractivity contribution < 1.29 is 0 Å². The monoisotopic (exact) mass is 335 g/mol. The van der Waals surface area contributed by atoms with E-state index in [0.717, 1.165) is 10.7 Å². The van der Waals surface area contributed by atoms with Gasteiger partial charge in [0.15, 0.2) is 0 Å². The van der Waals surface area contributed by atoms with Crippen molar-refractivity contribution in [2.75, 3.05) is 5.32 Å². The van der Waals surface area contributed by atoms with Crippen molar-refractivity contribution in [2.45, 2.75) is 6.54 Å². The SMILES string of the molecule is O=c1c2ccccc2ncn1Cc1nnc(Nc2ccccc2)s1. The number of para-hydroxylation sites is 2. The zero-order chi connectivity index (χ0) is 16.4. The molecule has 118 valence electrons. The van der Waals surface area contributed by atoms with Crippen LogP contribution in [0.3, 0.4) is 0 Å². The molecule has 6 nitrogen and oxygen atoms in total. The summed E-state index contributed by atoms with van der Waals surface area (Å²) in [7, 11) is 0. The molecule has 4 rings (SSSR count). The van der Waals surface area contributed by atoms with E-state index in [1.807, 2.05) is 48.5 Å². The van der Waals surface area contributed by atoms with E-state index in [2.05, 4.69) is 20.5 Å². The number of benzene rings is 2. The second-order valence-corrected chi connectivity index (χ2v) is 6.25. The lowest BCUT2D eigenvalue weighted by atomic mass is 10.2. The minimum atomic E-state index is -0.0756. The molecule has 0 aliphatic rings. The predicted molar refractivity (Wildman–Crippen MR) is 94.7 cm³/mol. The molecular weight excluding hydrogens is 322 g/mol. The quantitative estimate of drug-likeness (QED) is 0.620. The lowest BCUT2D eigenvalue weighted by molar-refractivity contribution is 0.734. The number of hydrogen-bond acceptors (Lipinski definition) is 6. The summed E-state index contributed by atoms with van der Waals surface area (Å²) in [5.41, 5.74) is 1.57. The molecule has 2 heterocycles. The lowest BCUT2D eigenvalue weighted by Crippen LogP contribution is -2.21. The van der Waals surface area contributed by atoms with Crippen molar-refractivity contribution >= 4 is 33.1 Å². The summed E-state index contributed by atoms with van der Waals surface area (Å²) in [6.45, 7) is 0.352. The molecule has 0 bridgehead atoms. The van der Waals surface area contributed by atoms with Gasteiger partial charge in [-0.25, -0.2) is 4.98 Å². The van der Waals surface area contributed by atoms with E-state index in [-0.39, 0.29) is 5.56 Å². The minimum absolute atomic E-state index is 0.0756. The fourth-order valence-corrected chi connectivity index (χ4v) is 3.14. The van der Waals surface area contributed by atoms with E-state index in [1.165, 1.54) is 11.3 Å². The second kappa shape index (κ2) is 6.21. The average Bonchev–Trinajstić information content (AvgIpc) is 3.05. The summed E-state index contributed by atoms with van der Waals surface area (Å²) in [5.74, 6) is 0. The van der Waals surface area contributed by atoms with Gasteiger partial charge < -0.3 is 5.32 Å². The molecule has 0 amide bonds. The summed E-state index contributed by atoms with van der Waals surface area (Å²) in [6.07, 6.45) is 1.55. The average molecular weight is 335 g/mol. The highest BCUT2D eigenvalue weighted by Gasteiger charge is 2.08. The maximum atomic E-state index is 12.5. The first-order valence-corrected chi connectivity index (χ1v) is 8.20. The van der Waals surface area contributed by atoms with E-state index in [0.29, 0.717) is 22.6 Å². The van der Waals surface area contributed by atoms with Crippen LogP contribution in [0.1, 0.15) is 5.01 Å². The highest BCUT2D eigenvalue weighted by Crippen LogP contribution is 2.20. The normalized spacial score (nSPS) is 10.8. The fraction of sp³-hybridized carbons (Fsp3) is 0.0588. The van der Waals surface area contributed by atoms with Crippen molar-refractivity contribution in [3.63, 3.8) is 0 Å². The molecule has 24 heavy (non-hydrogen) atoms. The molecule has 7 heteroatoms. The van der Waals surface area contributed by atoms with Gasteiger partial charge in [0.25, 0.3) is 5.56 Å². The Balaban J connectivity index is 1.58. The molecule has 0 spiro atoms. The molecule has 0 fully saturated rings. The number of rotatable bonds is 4. The number of fused-ring (bicyclic) bond motifs is 1. The van der Waals surface area contributed by atoms with Crippen LogP contribution in [0.4, 0.5) is 10.8 Å². The summed E-state index contributed by atoms with van der Waals surface area (Å²) in [6, 6.07) is 17.1. The van der Waals surface area contributed by atoms with Gasteiger partial charge in [0, 0.05) is 5.69 Å². The Morgan fingerprint density at radius 3 is 2.67 bits per heavy atom. The van der Waals surface area contributed by atoms with Crippen molar-refractivity contribution in [1.82, 2.24) is 19.7 Å². The molecule has 0 aliphatic carbocycles. The molecule has 0 radical (unpaired) electrons. The van der Waals surface area contributed by atoms with Crippen LogP contribution >= 0.6 is 11.3 Å². The first-order valence-electron chi connectivity index (χ1n) is 7.38. The zero-order valence-corrected chi connectivity index (χ0v) is 13.4. The van der Waals surface area contributed by atoms with Gasteiger partial charge in [-0.2, -0.15) is 0 Å². The van der Waals surface area contributed by atoms with Crippen molar-refractivity contribution in [3.8, 4) is 0 Å². The Morgan fingerprint density at radius 1 is 1.00 bits per heavy atom. The zero-order valence-electron chi connectivity index (χ0n) is 12.6. The Bertz CT molecular complexity index is 1040. The van der Waals surface area contributed by atoms with Crippen molar-refractivity contribution in [2.24, 2.45) is 0 Å². The highest BCUT2D eigenvalue weighted by molar-refractivity contribution is 7.15. The molecule has 0 atom stereocenters. The van der Waals surface area contributed by atoms with Crippen LogP contribution in [0, 0.1) is 0 Å². The molecule has 2 aromatic heterocycles. The van der Waals surface area contributed by atoms with Gasteiger partial charge in [-0.3, -0.25) is 9.36 Å². The van der Waals surface area contributed by atoms with E-state index in [9.17, 15) is 4.79 Å². The smallest absolute Gasteiger partial charge is 0.261 e. The molecule has 4 aromatic rings. The Hall–Kier alpha value is -3.06. The third kappa shape index (κ3) is 2.89. The first kappa shape index (κ1) is 14.5. The molecular formula is C17H13N5OS. The third-order valence-corrected chi connectivity index (χ3v) is 4.35. The number of anilines is 2. The van der Waals surface area contributed by atoms with E-state index < -0.39 is 0 Å². The molecule has 2 aromatic carbocycles. The van der Waals surface area contributed by atoms with Gasteiger partial charge in [0.1, 0.15) is 5.01 Å². The predicted octanol–water partition coefficient (Wildman–Crippen LogP) is 3.04. The van der Waals surface area contributed by atoms with Crippen LogP contribution in [-0.4, -0.2) is 19.7 Å². The van der Waals surface area contributed by atoms with Gasteiger partial charge in [-0.15, -0.1) is 10.2 Å². The van der Waals surface area contributed by atoms with Crippen LogP contribution in [0.5, 0.6) is 0 Å². The van der Waals surface area contributed by atoms with Gasteiger partial charge >= 0.3 is 0 Å². The van der Waals surface area contributed by atoms with Crippen LogP contribution in [0.2, 0.25) is 0 Å². The maximum Gasteiger partial charge on any atom is 0.261 e. The minimum Gasteiger partial charge on any atom is -0.330 e. The number of hydrogen-bond donors (Lipinski definition) is 1. The third-order valence-electron chi connectivity index (χ3n) is 3.53. The fourth-order valence-electron chi connectivity index (χ4n) is 2.38. The van der Waals surface area contributed by atoms with Gasteiger partial charge in [-0.1, -0.05) is 41.7 Å². The van der Waals surface area contributed by atoms with Gasteiger partial charge in [0.2, 0.25) is 5.13 Å². The van der Waals surface area contributed by atoms with E-state index in [4.69, 9.17) is 0 Å². The number of aromatic nitrogens is 4. The summed E-state index contributed by atoms with van der Waals surface area (Å²) < 4.78 is 1.55. The van der Waals surface area contributed by atoms with Crippen LogP contribution in [-0.2, 0) is 6.54 Å². The maximum absolute atomic E-state index is 12.5. The molecule has 1 N–H and O–H groups in total. The Morgan fingerprint density at radius 2 is 1.79 bits per heavy atom. The van der Waals surface area contributed by atoms with Crippen LogP contribution in [0.15, 0.2) is 65.7 Å². The molecule has 0 unspecified atom stereocenters. The number of nitrogens with zero attached hydrogens (tertiary/aromatic N) is 4. The van der Waals surface area contributed by atoms with Crippen molar-refractivity contribution in [1.29, 1.82) is 0 Å². The topological polar surface area (TPSA) is 72.7 Å². The summed E-state index contributed by atoms with van der Waals surface area (Å²) >= 11 is 1.42. The van der Waals surface area contributed by atoms with E-state index >= 15 is 0 Å². The van der Waals surface area contributed by atoms with Gasteiger partial charge in [0.05, 0.1) is 23.8 Å². The molecule has 0 saturated heterocycles. The van der Waals surface area contributed by atoms with Gasteiger partial charge in [-0.05, 0) is 24.3 Å². The van der Waals surface area contributed by atoms with Crippen LogP contribution in [0.25, 0.3) is 10.9 Å². The molecule has 0 saturated carbocycles. The Kier molecular flexibility index (Phi) is 3.76.